The zero-order chi connectivity index (χ0) is 24.8. The average Bonchev–Trinajstić information content (AvgIpc) is 3.31. The quantitative estimate of drug-likeness (QED) is 0.437. The molecule has 1 aromatic heterocycles. The number of piperidine rings is 1. The summed E-state index contributed by atoms with van der Waals surface area (Å²) in [6.07, 6.45) is 1.81. The van der Waals surface area contributed by atoms with Gasteiger partial charge < -0.3 is 14.6 Å². The van der Waals surface area contributed by atoms with Crippen LogP contribution in [0, 0.1) is 5.92 Å². The molecule has 1 unspecified atom stereocenters. The third-order valence-corrected chi connectivity index (χ3v) is 6.52. The number of rotatable bonds is 8. The normalized spacial score (nSPS) is 16.7. The molecule has 8 heteroatoms. The summed E-state index contributed by atoms with van der Waals surface area (Å²) in [5.74, 6) is 1.75. The molecular formula is C27H33ClN4O3. The molecule has 1 aliphatic rings. The van der Waals surface area contributed by atoms with E-state index in [4.69, 9.17) is 20.9 Å². The summed E-state index contributed by atoms with van der Waals surface area (Å²) in [7, 11) is 0. The monoisotopic (exact) mass is 496 g/mol. The minimum absolute atomic E-state index is 0.0441. The maximum absolute atomic E-state index is 12.7. The standard InChI is InChI=1S/C27H33ClN4O3/c1-27(2,3)21-12-10-19(11-13-21)25-30-24(35-31-25)18-32-15-6-7-20(17-32)26(33)29-14-16-34-23-9-5-4-8-22(23)28/h4-5,8-13,20H,6-7,14-18H2,1-3H3,(H,29,33). The molecule has 1 atom stereocenters. The Labute approximate surface area is 211 Å². The topological polar surface area (TPSA) is 80.5 Å². The van der Waals surface area contributed by atoms with Crippen LogP contribution in [-0.2, 0) is 16.8 Å². The van der Waals surface area contributed by atoms with E-state index >= 15 is 0 Å². The van der Waals surface area contributed by atoms with E-state index in [1.165, 1.54) is 5.56 Å². The van der Waals surface area contributed by atoms with E-state index in [1.807, 2.05) is 30.3 Å². The van der Waals surface area contributed by atoms with Crippen LogP contribution in [-0.4, -0.2) is 47.2 Å². The first-order valence-electron chi connectivity index (χ1n) is 12.1. The molecule has 0 saturated carbocycles. The molecular weight excluding hydrogens is 464 g/mol. The lowest BCUT2D eigenvalue weighted by Gasteiger charge is -2.30. The van der Waals surface area contributed by atoms with Crippen LogP contribution in [0.5, 0.6) is 5.75 Å². The molecule has 7 nitrogen and oxygen atoms in total. The van der Waals surface area contributed by atoms with Gasteiger partial charge in [-0.25, -0.2) is 0 Å². The number of aromatic nitrogens is 2. The Morgan fingerprint density at radius 1 is 1.20 bits per heavy atom. The first-order chi connectivity index (χ1) is 16.8. The molecule has 2 heterocycles. The Morgan fingerprint density at radius 3 is 2.71 bits per heavy atom. The van der Waals surface area contributed by atoms with Crippen molar-refractivity contribution in [1.82, 2.24) is 20.4 Å². The molecule has 1 N–H and O–H groups in total. The van der Waals surface area contributed by atoms with Gasteiger partial charge in [0.05, 0.1) is 24.0 Å². The maximum Gasteiger partial charge on any atom is 0.241 e. The summed E-state index contributed by atoms with van der Waals surface area (Å²) in [4.78, 5) is 19.5. The van der Waals surface area contributed by atoms with Gasteiger partial charge in [0.1, 0.15) is 12.4 Å². The average molecular weight is 497 g/mol. The van der Waals surface area contributed by atoms with E-state index in [-0.39, 0.29) is 17.2 Å². The molecule has 0 spiro atoms. The number of amides is 1. The molecule has 35 heavy (non-hydrogen) atoms. The molecule has 4 rings (SSSR count). The molecule has 0 radical (unpaired) electrons. The molecule has 1 amide bonds. The van der Waals surface area contributed by atoms with Gasteiger partial charge in [-0.3, -0.25) is 9.69 Å². The van der Waals surface area contributed by atoms with Crippen molar-refractivity contribution in [3.8, 4) is 17.1 Å². The first kappa shape index (κ1) is 25.2. The number of carbonyl (C=O) groups is 1. The number of para-hydroxylation sites is 1. The third-order valence-electron chi connectivity index (χ3n) is 6.21. The second kappa shape index (κ2) is 11.2. The van der Waals surface area contributed by atoms with Crippen molar-refractivity contribution in [2.45, 2.75) is 45.6 Å². The SMILES string of the molecule is CC(C)(C)c1ccc(-c2noc(CN3CCCC(C(=O)NCCOc4ccccc4Cl)C3)n2)cc1. The van der Waals surface area contributed by atoms with Crippen molar-refractivity contribution in [1.29, 1.82) is 0 Å². The van der Waals surface area contributed by atoms with Crippen LogP contribution >= 0.6 is 11.6 Å². The van der Waals surface area contributed by atoms with Crippen molar-refractivity contribution >= 4 is 17.5 Å². The Bertz CT molecular complexity index is 1120. The number of benzene rings is 2. The summed E-state index contributed by atoms with van der Waals surface area (Å²) in [5, 5.41) is 7.71. The number of nitrogens with one attached hydrogen (secondary N) is 1. The van der Waals surface area contributed by atoms with E-state index in [9.17, 15) is 4.79 Å². The van der Waals surface area contributed by atoms with Crippen LogP contribution in [0.1, 0.15) is 45.1 Å². The summed E-state index contributed by atoms with van der Waals surface area (Å²) in [6, 6.07) is 15.6. The number of ether oxygens (including phenoxy) is 1. The van der Waals surface area contributed by atoms with Crippen molar-refractivity contribution in [2.75, 3.05) is 26.2 Å². The molecule has 0 bridgehead atoms. The molecule has 1 fully saturated rings. The van der Waals surface area contributed by atoms with Gasteiger partial charge in [-0.1, -0.05) is 73.9 Å². The Morgan fingerprint density at radius 2 is 1.97 bits per heavy atom. The van der Waals surface area contributed by atoms with Crippen molar-refractivity contribution in [2.24, 2.45) is 5.92 Å². The van der Waals surface area contributed by atoms with E-state index < -0.39 is 0 Å². The lowest BCUT2D eigenvalue weighted by Crippen LogP contribution is -2.43. The highest BCUT2D eigenvalue weighted by atomic mass is 35.5. The van der Waals surface area contributed by atoms with Crippen LogP contribution in [0.4, 0.5) is 0 Å². The second-order valence-electron chi connectivity index (χ2n) is 9.98. The van der Waals surface area contributed by atoms with E-state index in [1.54, 1.807) is 6.07 Å². The van der Waals surface area contributed by atoms with Crippen molar-refractivity contribution in [3.05, 3.63) is 65.0 Å². The van der Waals surface area contributed by atoms with Gasteiger partial charge in [-0.15, -0.1) is 0 Å². The molecule has 1 aliphatic heterocycles. The minimum atomic E-state index is -0.0728. The predicted molar refractivity (Wildman–Crippen MR) is 136 cm³/mol. The van der Waals surface area contributed by atoms with Gasteiger partial charge in [-0.05, 0) is 42.5 Å². The molecule has 1 saturated heterocycles. The first-order valence-corrected chi connectivity index (χ1v) is 12.5. The number of halogens is 1. The van der Waals surface area contributed by atoms with E-state index in [0.717, 1.165) is 24.9 Å². The highest BCUT2D eigenvalue weighted by molar-refractivity contribution is 6.32. The van der Waals surface area contributed by atoms with Gasteiger partial charge >= 0.3 is 0 Å². The van der Waals surface area contributed by atoms with Crippen molar-refractivity contribution < 1.29 is 14.1 Å². The number of likely N-dealkylation sites (tertiary alicyclic amines) is 1. The fourth-order valence-electron chi connectivity index (χ4n) is 4.20. The fraction of sp³-hybridized carbons (Fsp3) is 0.444. The van der Waals surface area contributed by atoms with Gasteiger partial charge in [0.2, 0.25) is 17.6 Å². The number of hydrogen-bond acceptors (Lipinski definition) is 6. The Kier molecular flexibility index (Phi) is 8.08. The highest BCUT2D eigenvalue weighted by Crippen LogP contribution is 2.26. The van der Waals surface area contributed by atoms with Gasteiger partial charge in [0.25, 0.3) is 0 Å². The summed E-state index contributed by atoms with van der Waals surface area (Å²) >= 11 is 6.09. The number of carbonyl (C=O) groups excluding carboxylic acids is 1. The van der Waals surface area contributed by atoms with E-state index in [0.29, 0.717) is 48.7 Å². The van der Waals surface area contributed by atoms with Crippen molar-refractivity contribution in [3.63, 3.8) is 0 Å². The van der Waals surface area contributed by atoms with Crippen LogP contribution in [0.25, 0.3) is 11.4 Å². The van der Waals surface area contributed by atoms with Crippen LogP contribution in [0.15, 0.2) is 53.1 Å². The van der Waals surface area contributed by atoms with Crippen LogP contribution < -0.4 is 10.1 Å². The predicted octanol–water partition coefficient (Wildman–Crippen LogP) is 5.09. The molecule has 0 aliphatic carbocycles. The lowest BCUT2D eigenvalue weighted by atomic mass is 9.87. The van der Waals surface area contributed by atoms with Crippen LogP contribution in [0.2, 0.25) is 5.02 Å². The zero-order valence-electron chi connectivity index (χ0n) is 20.6. The largest absolute Gasteiger partial charge is 0.490 e. The zero-order valence-corrected chi connectivity index (χ0v) is 21.3. The summed E-state index contributed by atoms with van der Waals surface area (Å²) < 4.78 is 11.2. The van der Waals surface area contributed by atoms with Gasteiger partial charge in [0.15, 0.2) is 0 Å². The maximum atomic E-state index is 12.7. The smallest absolute Gasteiger partial charge is 0.241 e. The van der Waals surface area contributed by atoms with Crippen LogP contribution in [0.3, 0.4) is 0 Å². The molecule has 3 aromatic rings. The van der Waals surface area contributed by atoms with Gasteiger partial charge in [0, 0.05) is 12.1 Å². The summed E-state index contributed by atoms with van der Waals surface area (Å²) in [6.45, 7) is 9.47. The summed E-state index contributed by atoms with van der Waals surface area (Å²) in [5.41, 5.74) is 2.29. The fourth-order valence-corrected chi connectivity index (χ4v) is 4.39. The number of hydrogen-bond donors (Lipinski definition) is 1. The van der Waals surface area contributed by atoms with Gasteiger partial charge in [-0.2, -0.15) is 4.98 Å². The minimum Gasteiger partial charge on any atom is -0.490 e. The highest BCUT2D eigenvalue weighted by Gasteiger charge is 2.27. The molecule has 2 aromatic carbocycles. The van der Waals surface area contributed by atoms with E-state index in [2.05, 4.69) is 53.3 Å². The Balaban J connectivity index is 1.25. The lowest BCUT2D eigenvalue weighted by molar-refractivity contribution is -0.126. The third kappa shape index (κ3) is 6.83. The second-order valence-corrected chi connectivity index (χ2v) is 10.4. The Hall–Kier alpha value is -2.90. The number of nitrogens with zero attached hydrogens (tertiary/aromatic N) is 3. The molecule has 186 valence electrons.